The molecule has 1 aromatic rings. The first-order valence-corrected chi connectivity index (χ1v) is 8.22. The monoisotopic (exact) mass is 317 g/mol. The minimum absolute atomic E-state index is 0.0422. The molecule has 0 radical (unpaired) electrons. The van der Waals surface area contributed by atoms with Crippen LogP contribution >= 0.6 is 0 Å². The van der Waals surface area contributed by atoms with E-state index in [1.165, 1.54) is 22.3 Å². The summed E-state index contributed by atoms with van der Waals surface area (Å²) in [4.78, 5) is 25.1. The molecule has 1 fully saturated rings. The SMILES string of the molecule is Cc1cc(C)c(CCNC(=O)NC2CCC(=O)N(C)C2)c(C)c1. The molecule has 1 unspecified atom stereocenters. The summed E-state index contributed by atoms with van der Waals surface area (Å²) >= 11 is 0. The third-order valence-corrected chi connectivity index (χ3v) is 4.46. The molecule has 0 aliphatic carbocycles. The first-order valence-electron chi connectivity index (χ1n) is 8.22. The zero-order valence-electron chi connectivity index (χ0n) is 14.5. The molecule has 1 aliphatic heterocycles. The highest BCUT2D eigenvalue weighted by Crippen LogP contribution is 2.16. The molecule has 3 amide bonds. The van der Waals surface area contributed by atoms with Gasteiger partial charge in [0.2, 0.25) is 5.91 Å². The van der Waals surface area contributed by atoms with Gasteiger partial charge in [0.25, 0.3) is 0 Å². The maximum atomic E-state index is 12.0. The number of likely N-dealkylation sites (N-methyl/N-ethyl adjacent to an activating group) is 1. The maximum absolute atomic E-state index is 12.0. The number of likely N-dealkylation sites (tertiary alicyclic amines) is 1. The van der Waals surface area contributed by atoms with Crippen molar-refractivity contribution < 1.29 is 9.59 Å². The van der Waals surface area contributed by atoms with Gasteiger partial charge in [-0.1, -0.05) is 17.7 Å². The van der Waals surface area contributed by atoms with Gasteiger partial charge in [0, 0.05) is 32.6 Å². The highest BCUT2D eigenvalue weighted by molar-refractivity contribution is 5.78. The summed E-state index contributed by atoms with van der Waals surface area (Å²) in [5.41, 5.74) is 5.12. The van der Waals surface area contributed by atoms with Gasteiger partial charge < -0.3 is 15.5 Å². The van der Waals surface area contributed by atoms with Gasteiger partial charge >= 0.3 is 6.03 Å². The van der Waals surface area contributed by atoms with Crippen molar-refractivity contribution in [2.45, 2.75) is 46.1 Å². The summed E-state index contributed by atoms with van der Waals surface area (Å²) < 4.78 is 0. The van der Waals surface area contributed by atoms with E-state index in [0.29, 0.717) is 25.9 Å². The summed E-state index contributed by atoms with van der Waals surface area (Å²) in [6, 6.07) is 4.25. The van der Waals surface area contributed by atoms with Crippen LogP contribution in [0, 0.1) is 20.8 Å². The molecule has 2 N–H and O–H groups in total. The topological polar surface area (TPSA) is 61.4 Å². The van der Waals surface area contributed by atoms with Crippen molar-refractivity contribution in [2.75, 3.05) is 20.1 Å². The Kier molecular flexibility index (Phi) is 5.64. The second kappa shape index (κ2) is 7.49. The van der Waals surface area contributed by atoms with Crippen LogP contribution in [0.2, 0.25) is 0 Å². The van der Waals surface area contributed by atoms with Gasteiger partial charge in [-0.25, -0.2) is 4.79 Å². The number of nitrogens with one attached hydrogen (secondary N) is 2. The van der Waals surface area contributed by atoms with Crippen LogP contribution in [0.5, 0.6) is 0 Å². The fourth-order valence-electron chi connectivity index (χ4n) is 3.27. The lowest BCUT2D eigenvalue weighted by Crippen LogP contribution is -2.51. The molecular formula is C18H27N3O2. The Morgan fingerprint density at radius 1 is 1.26 bits per heavy atom. The second-order valence-electron chi connectivity index (χ2n) is 6.54. The lowest BCUT2D eigenvalue weighted by Gasteiger charge is -2.30. The van der Waals surface area contributed by atoms with Crippen molar-refractivity contribution in [3.63, 3.8) is 0 Å². The number of benzene rings is 1. The lowest BCUT2D eigenvalue weighted by molar-refractivity contribution is -0.132. The highest BCUT2D eigenvalue weighted by atomic mass is 16.2. The van der Waals surface area contributed by atoms with Gasteiger partial charge in [-0.15, -0.1) is 0 Å². The van der Waals surface area contributed by atoms with Gasteiger partial charge in [-0.3, -0.25) is 4.79 Å². The van der Waals surface area contributed by atoms with Crippen LogP contribution in [-0.4, -0.2) is 43.0 Å². The number of nitrogens with zero attached hydrogens (tertiary/aromatic N) is 1. The average molecular weight is 317 g/mol. The minimum Gasteiger partial charge on any atom is -0.344 e. The van der Waals surface area contributed by atoms with Crippen LogP contribution in [0.1, 0.15) is 35.1 Å². The first-order chi connectivity index (χ1) is 10.9. The summed E-state index contributed by atoms with van der Waals surface area (Å²) in [6.07, 6.45) is 2.05. The molecule has 1 heterocycles. The summed E-state index contributed by atoms with van der Waals surface area (Å²) in [7, 11) is 1.77. The lowest BCUT2D eigenvalue weighted by atomic mass is 9.97. The maximum Gasteiger partial charge on any atom is 0.315 e. The molecule has 2 rings (SSSR count). The molecular weight excluding hydrogens is 290 g/mol. The fourth-order valence-corrected chi connectivity index (χ4v) is 3.27. The van der Waals surface area contributed by atoms with E-state index < -0.39 is 0 Å². The molecule has 0 spiro atoms. The Hall–Kier alpha value is -2.04. The summed E-state index contributed by atoms with van der Waals surface area (Å²) in [5, 5.41) is 5.87. The highest BCUT2D eigenvalue weighted by Gasteiger charge is 2.23. The molecule has 0 bridgehead atoms. The smallest absolute Gasteiger partial charge is 0.315 e. The van der Waals surface area contributed by atoms with Gasteiger partial charge in [-0.05, 0) is 50.3 Å². The number of hydrogen-bond acceptors (Lipinski definition) is 2. The second-order valence-corrected chi connectivity index (χ2v) is 6.54. The largest absolute Gasteiger partial charge is 0.344 e. The Morgan fingerprint density at radius 2 is 1.91 bits per heavy atom. The Balaban J connectivity index is 1.78. The third kappa shape index (κ3) is 4.71. The Labute approximate surface area is 138 Å². The molecule has 0 saturated carbocycles. The summed E-state index contributed by atoms with van der Waals surface area (Å²) in [5.74, 6) is 0.147. The number of carbonyl (C=O) groups excluding carboxylic acids is 2. The van der Waals surface area contributed by atoms with Crippen LogP contribution in [0.4, 0.5) is 4.79 Å². The Bertz CT molecular complexity index is 575. The molecule has 1 aliphatic rings. The Morgan fingerprint density at radius 3 is 2.52 bits per heavy atom. The number of rotatable bonds is 4. The number of amides is 3. The van der Waals surface area contributed by atoms with Crippen LogP contribution in [0.3, 0.4) is 0 Å². The van der Waals surface area contributed by atoms with E-state index in [1.807, 2.05) is 0 Å². The van der Waals surface area contributed by atoms with E-state index >= 15 is 0 Å². The van der Waals surface area contributed by atoms with Gasteiger partial charge in [-0.2, -0.15) is 0 Å². The van der Waals surface area contributed by atoms with E-state index in [4.69, 9.17) is 0 Å². The van der Waals surface area contributed by atoms with Crippen LogP contribution in [0.15, 0.2) is 12.1 Å². The van der Waals surface area contributed by atoms with Gasteiger partial charge in [0.15, 0.2) is 0 Å². The molecule has 0 aromatic heterocycles. The average Bonchev–Trinajstić information content (AvgIpc) is 2.45. The summed E-state index contributed by atoms with van der Waals surface area (Å²) in [6.45, 7) is 7.52. The van der Waals surface area contributed by atoms with E-state index in [0.717, 1.165) is 6.42 Å². The van der Waals surface area contributed by atoms with Crippen molar-refractivity contribution in [2.24, 2.45) is 0 Å². The van der Waals surface area contributed by atoms with Gasteiger partial charge in [0.1, 0.15) is 0 Å². The third-order valence-electron chi connectivity index (χ3n) is 4.46. The van der Waals surface area contributed by atoms with E-state index in [9.17, 15) is 9.59 Å². The molecule has 126 valence electrons. The van der Waals surface area contributed by atoms with Crippen molar-refractivity contribution in [3.8, 4) is 0 Å². The minimum atomic E-state index is -0.153. The van der Waals surface area contributed by atoms with E-state index in [-0.39, 0.29) is 18.0 Å². The predicted octanol–water partition coefficient (Wildman–Crippen LogP) is 2.07. The molecule has 1 saturated heterocycles. The molecule has 23 heavy (non-hydrogen) atoms. The van der Waals surface area contributed by atoms with Crippen molar-refractivity contribution in [1.29, 1.82) is 0 Å². The number of piperidine rings is 1. The first kappa shape index (κ1) is 17.3. The standard InChI is InChI=1S/C18H27N3O2/c1-12-9-13(2)16(14(3)10-12)7-8-19-18(23)20-15-5-6-17(22)21(4)11-15/h9-10,15H,5-8,11H2,1-4H3,(H2,19,20,23). The molecule has 1 aromatic carbocycles. The normalized spacial score (nSPS) is 18.0. The number of urea groups is 1. The van der Waals surface area contributed by atoms with Crippen LogP contribution in [-0.2, 0) is 11.2 Å². The van der Waals surface area contributed by atoms with E-state index in [1.54, 1.807) is 11.9 Å². The molecule has 5 nitrogen and oxygen atoms in total. The van der Waals surface area contributed by atoms with Gasteiger partial charge in [0.05, 0.1) is 0 Å². The number of aryl methyl sites for hydroxylation is 3. The van der Waals surface area contributed by atoms with Crippen LogP contribution < -0.4 is 10.6 Å². The van der Waals surface area contributed by atoms with E-state index in [2.05, 4.69) is 43.5 Å². The zero-order chi connectivity index (χ0) is 17.0. The fraction of sp³-hybridized carbons (Fsp3) is 0.556. The predicted molar refractivity (Wildman–Crippen MR) is 91.6 cm³/mol. The quantitative estimate of drug-likeness (QED) is 0.893. The number of carbonyl (C=O) groups is 2. The molecule has 1 atom stereocenters. The van der Waals surface area contributed by atoms with Crippen molar-refractivity contribution >= 4 is 11.9 Å². The molecule has 5 heteroatoms. The van der Waals surface area contributed by atoms with Crippen molar-refractivity contribution in [3.05, 3.63) is 34.4 Å². The van der Waals surface area contributed by atoms with Crippen molar-refractivity contribution in [1.82, 2.24) is 15.5 Å². The van der Waals surface area contributed by atoms with Crippen LogP contribution in [0.25, 0.3) is 0 Å². The zero-order valence-corrected chi connectivity index (χ0v) is 14.5. The number of hydrogen-bond donors (Lipinski definition) is 2.